The van der Waals surface area contributed by atoms with Crippen LogP contribution in [0.15, 0.2) is 16.5 Å². The Morgan fingerprint density at radius 3 is 2.37 bits per heavy atom. The average Bonchev–Trinajstić information content (AvgIpc) is 2.72. The third kappa shape index (κ3) is 3.34. The fraction of sp³-hybridized carbons (Fsp3) is 0.455. The highest BCUT2D eigenvalue weighted by molar-refractivity contribution is 7.92. The first-order valence-corrected chi connectivity index (χ1v) is 7.25. The monoisotopic (exact) mass is 289 g/mol. The van der Waals surface area contributed by atoms with Gasteiger partial charge < -0.3 is 14.8 Å². The van der Waals surface area contributed by atoms with Crippen LogP contribution in [-0.4, -0.2) is 36.4 Å². The lowest BCUT2D eigenvalue weighted by Crippen LogP contribution is -2.47. The highest BCUT2D eigenvalue weighted by Gasteiger charge is 2.38. The maximum atomic E-state index is 11.8. The predicted molar refractivity (Wildman–Crippen MR) is 66.4 cm³/mol. The van der Waals surface area contributed by atoms with E-state index in [2.05, 4.69) is 5.32 Å². The molecular formula is C11H15NO6S. The Kier molecular flexibility index (Phi) is 4.04. The van der Waals surface area contributed by atoms with Crippen molar-refractivity contribution < 1.29 is 27.5 Å². The second-order valence-electron chi connectivity index (χ2n) is 4.54. The number of hydrogen-bond donors (Lipinski definition) is 2. The molecular weight excluding hydrogens is 274 g/mol. The van der Waals surface area contributed by atoms with E-state index < -0.39 is 26.5 Å². The molecule has 1 amide bonds. The third-order valence-electron chi connectivity index (χ3n) is 2.77. The normalized spacial score (nSPS) is 12.2. The van der Waals surface area contributed by atoms with Gasteiger partial charge in [0.2, 0.25) is 11.7 Å². The van der Waals surface area contributed by atoms with Gasteiger partial charge in [0.1, 0.15) is 10.5 Å². The van der Waals surface area contributed by atoms with Gasteiger partial charge in [-0.2, -0.15) is 0 Å². The lowest BCUT2D eigenvalue weighted by atomic mass is 10.2. The molecule has 1 aromatic heterocycles. The topological polar surface area (TPSA) is 114 Å². The number of furan rings is 1. The van der Waals surface area contributed by atoms with Crippen LogP contribution >= 0.6 is 0 Å². The van der Waals surface area contributed by atoms with E-state index in [0.29, 0.717) is 0 Å². The number of nitrogens with one attached hydrogen (secondary N) is 1. The number of carbonyl (C=O) groups excluding carboxylic acids is 1. The molecule has 7 nitrogen and oxygen atoms in total. The van der Waals surface area contributed by atoms with E-state index in [-0.39, 0.29) is 18.1 Å². The van der Waals surface area contributed by atoms with E-state index in [9.17, 15) is 18.0 Å². The summed E-state index contributed by atoms with van der Waals surface area (Å²) in [5.74, 6) is -1.90. The van der Waals surface area contributed by atoms with Crippen molar-refractivity contribution in [3.8, 4) is 0 Å². The van der Waals surface area contributed by atoms with Crippen LogP contribution in [0.1, 0.15) is 30.2 Å². The number of aromatic carboxylic acids is 1. The first-order chi connectivity index (χ1) is 8.55. The minimum Gasteiger partial charge on any atom is -0.475 e. The van der Waals surface area contributed by atoms with E-state index >= 15 is 0 Å². The van der Waals surface area contributed by atoms with Crippen molar-refractivity contribution in [3.05, 3.63) is 23.7 Å². The van der Waals surface area contributed by atoms with Crippen LogP contribution in [0.5, 0.6) is 0 Å². The summed E-state index contributed by atoms with van der Waals surface area (Å²) in [6, 6.07) is 2.66. The first kappa shape index (κ1) is 15.2. The molecule has 0 saturated heterocycles. The molecule has 0 atom stereocenters. The third-order valence-corrected chi connectivity index (χ3v) is 4.81. The summed E-state index contributed by atoms with van der Waals surface area (Å²) >= 11 is 0. The summed E-state index contributed by atoms with van der Waals surface area (Å²) in [5.41, 5.74) is 0. The minimum absolute atomic E-state index is 0.0783. The zero-order valence-corrected chi connectivity index (χ0v) is 11.6. The SMILES string of the molecule is CC(C)(C(=O)NCc1ccc(C(=O)O)o1)S(C)(=O)=O. The van der Waals surface area contributed by atoms with Crippen LogP contribution in [0.2, 0.25) is 0 Å². The van der Waals surface area contributed by atoms with Gasteiger partial charge in [0.15, 0.2) is 9.84 Å². The van der Waals surface area contributed by atoms with Gasteiger partial charge in [0.05, 0.1) is 6.54 Å². The van der Waals surface area contributed by atoms with Crippen molar-refractivity contribution in [1.29, 1.82) is 0 Å². The summed E-state index contributed by atoms with van der Waals surface area (Å²) in [4.78, 5) is 22.4. The summed E-state index contributed by atoms with van der Waals surface area (Å²) in [6.07, 6.45) is 0.974. The van der Waals surface area contributed by atoms with Gasteiger partial charge >= 0.3 is 5.97 Å². The molecule has 106 valence electrons. The number of carboxylic acids is 1. The predicted octanol–water partition coefficient (Wildman–Crippen LogP) is 0.417. The van der Waals surface area contributed by atoms with Gasteiger partial charge in [-0.3, -0.25) is 4.79 Å². The molecule has 0 aromatic carbocycles. The molecule has 0 aliphatic heterocycles. The van der Waals surface area contributed by atoms with Crippen molar-refractivity contribution >= 4 is 21.7 Å². The van der Waals surface area contributed by atoms with Crippen LogP contribution in [0, 0.1) is 0 Å². The standard InChI is InChI=1S/C11H15NO6S/c1-11(2,19(3,16)17)10(15)12-6-7-4-5-8(18-7)9(13)14/h4-5H,6H2,1-3H3,(H,12,15)(H,13,14). The quantitative estimate of drug-likeness (QED) is 0.812. The molecule has 1 heterocycles. The molecule has 1 rings (SSSR count). The molecule has 2 N–H and O–H groups in total. The Labute approximate surface area is 110 Å². The maximum Gasteiger partial charge on any atom is 0.371 e. The second-order valence-corrected chi connectivity index (χ2v) is 7.10. The van der Waals surface area contributed by atoms with Crippen molar-refractivity contribution in [3.63, 3.8) is 0 Å². The number of amides is 1. The van der Waals surface area contributed by atoms with Crippen LogP contribution in [-0.2, 0) is 21.2 Å². The van der Waals surface area contributed by atoms with Crippen LogP contribution in [0.25, 0.3) is 0 Å². The first-order valence-electron chi connectivity index (χ1n) is 5.35. The van der Waals surface area contributed by atoms with Crippen LogP contribution in [0.4, 0.5) is 0 Å². The molecule has 0 unspecified atom stereocenters. The van der Waals surface area contributed by atoms with Crippen molar-refractivity contribution in [2.75, 3.05) is 6.26 Å². The van der Waals surface area contributed by atoms with Crippen molar-refractivity contribution in [2.24, 2.45) is 0 Å². The van der Waals surface area contributed by atoms with Crippen LogP contribution in [0.3, 0.4) is 0 Å². The number of hydrogen-bond acceptors (Lipinski definition) is 5. The van der Waals surface area contributed by atoms with Gasteiger partial charge in [0.25, 0.3) is 0 Å². The van der Waals surface area contributed by atoms with E-state index in [1.54, 1.807) is 0 Å². The molecule has 0 aliphatic rings. The lowest BCUT2D eigenvalue weighted by molar-refractivity contribution is -0.123. The zero-order chi connectivity index (χ0) is 14.8. The number of rotatable bonds is 5. The number of carboxylic acid groups (broad SMARTS) is 1. The Morgan fingerprint density at radius 2 is 1.95 bits per heavy atom. The molecule has 0 spiro atoms. The highest BCUT2D eigenvalue weighted by atomic mass is 32.2. The number of sulfone groups is 1. The van der Waals surface area contributed by atoms with Crippen molar-refractivity contribution in [2.45, 2.75) is 25.1 Å². The van der Waals surface area contributed by atoms with E-state index in [1.807, 2.05) is 0 Å². The van der Waals surface area contributed by atoms with E-state index in [4.69, 9.17) is 9.52 Å². The minimum atomic E-state index is -3.55. The summed E-state index contributed by atoms with van der Waals surface area (Å²) in [5, 5.41) is 11.0. The van der Waals surface area contributed by atoms with Gasteiger partial charge in [0, 0.05) is 6.26 Å². The Hall–Kier alpha value is -1.83. The Balaban J connectivity index is 2.72. The molecule has 0 bridgehead atoms. The summed E-state index contributed by atoms with van der Waals surface area (Å²) in [6.45, 7) is 2.51. The lowest BCUT2D eigenvalue weighted by Gasteiger charge is -2.20. The van der Waals surface area contributed by atoms with E-state index in [0.717, 1.165) is 6.26 Å². The Bertz CT molecular complexity index is 598. The smallest absolute Gasteiger partial charge is 0.371 e. The molecule has 0 aliphatic carbocycles. The number of carbonyl (C=O) groups is 2. The maximum absolute atomic E-state index is 11.8. The van der Waals surface area contributed by atoms with Gasteiger partial charge in [-0.05, 0) is 26.0 Å². The summed E-state index contributed by atoms with van der Waals surface area (Å²) in [7, 11) is -3.55. The largest absolute Gasteiger partial charge is 0.475 e. The van der Waals surface area contributed by atoms with E-state index in [1.165, 1.54) is 26.0 Å². The molecule has 1 aromatic rings. The molecule has 8 heteroatoms. The molecule has 0 fully saturated rings. The van der Waals surface area contributed by atoms with Gasteiger partial charge in [-0.1, -0.05) is 0 Å². The molecule has 0 radical (unpaired) electrons. The molecule has 0 saturated carbocycles. The second kappa shape index (κ2) is 5.04. The van der Waals surface area contributed by atoms with Crippen LogP contribution < -0.4 is 5.32 Å². The fourth-order valence-electron chi connectivity index (χ4n) is 1.14. The fourth-order valence-corrected chi connectivity index (χ4v) is 1.55. The average molecular weight is 289 g/mol. The molecule has 19 heavy (non-hydrogen) atoms. The summed E-state index contributed by atoms with van der Waals surface area (Å²) < 4.78 is 26.2. The Morgan fingerprint density at radius 1 is 1.37 bits per heavy atom. The van der Waals surface area contributed by atoms with Gasteiger partial charge in [-0.25, -0.2) is 13.2 Å². The highest BCUT2D eigenvalue weighted by Crippen LogP contribution is 2.15. The zero-order valence-electron chi connectivity index (χ0n) is 10.8. The van der Waals surface area contributed by atoms with Crippen molar-refractivity contribution in [1.82, 2.24) is 5.32 Å². The van der Waals surface area contributed by atoms with Gasteiger partial charge in [-0.15, -0.1) is 0 Å².